The molecule has 0 saturated heterocycles. The molecule has 2 amide bonds. The largest absolute Gasteiger partial charge is 0.366 e. The van der Waals surface area contributed by atoms with Gasteiger partial charge in [-0.1, -0.05) is 36.4 Å². The Balaban J connectivity index is 1.69. The van der Waals surface area contributed by atoms with Crippen LogP contribution < -0.4 is 11.1 Å². The van der Waals surface area contributed by atoms with Gasteiger partial charge in [0.1, 0.15) is 0 Å². The second-order valence-corrected chi connectivity index (χ2v) is 7.72. The number of pyridine rings is 1. The van der Waals surface area contributed by atoms with Gasteiger partial charge in [-0.15, -0.1) is 0 Å². The van der Waals surface area contributed by atoms with E-state index in [9.17, 15) is 9.59 Å². The molecule has 152 valence electrons. The molecule has 0 aliphatic heterocycles. The van der Waals surface area contributed by atoms with Gasteiger partial charge < -0.3 is 16.0 Å². The van der Waals surface area contributed by atoms with Gasteiger partial charge in [0.25, 0.3) is 5.91 Å². The number of nitrogens with one attached hydrogen (secondary N) is 1. The van der Waals surface area contributed by atoms with Gasteiger partial charge in [-0.25, -0.2) is 4.98 Å². The lowest BCUT2D eigenvalue weighted by Gasteiger charge is -2.11. The molecule has 3 N–H and O–H groups in total. The predicted octanol–water partition coefficient (Wildman–Crippen LogP) is 2.71. The summed E-state index contributed by atoms with van der Waals surface area (Å²) in [7, 11) is 3.93. The molecule has 0 radical (unpaired) electrons. The van der Waals surface area contributed by atoms with E-state index in [1.165, 1.54) is 0 Å². The van der Waals surface area contributed by atoms with Crippen LogP contribution in [-0.4, -0.2) is 48.9 Å². The molecular formula is C24H24N4O2. The van der Waals surface area contributed by atoms with Crippen LogP contribution in [0.4, 0.5) is 0 Å². The van der Waals surface area contributed by atoms with Gasteiger partial charge in [-0.3, -0.25) is 9.59 Å². The molecule has 0 atom stereocenters. The third-order valence-corrected chi connectivity index (χ3v) is 5.29. The fraction of sp³-hybridized carbons (Fsp3) is 0.208. The molecule has 6 heteroatoms. The number of fused-ring (bicyclic) bond motifs is 3. The lowest BCUT2D eigenvalue weighted by atomic mass is 10.0. The molecule has 0 saturated carbocycles. The first kappa shape index (κ1) is 19.8. The van der Waals surface area contributed by atoms with Crippen LogP contribution in [-0.2, 0) is 6.42 Å². The van der Waals surface area contributed by atoms with Crippen molar-refractivity contribution >= 4 is 11.8 Å². The predicted molar refractivity (Wildman–Crippen MR) is 117 cm³/mol. The molecule has 3 aromatic rings. The van der Waals surface area contributed by atoms with Crippen molar-refractivity contribution in [2.45, 2.75) is 6.42 Å². The number of hydrogen-bond donors (Lipinski definition) is 2. The Hall–Kier alpha value is -3.51. The highest BCUT2D eigenvalue weighted by Crippen LogP contribution is 2.39. The Morgan fingerprint density at radius 1 is 1.10 bits per heavy atom. The molecule has 1 heterocycles. The minimum atomic E-state index is -0.472. The summed E-state index contributed by atoms with van der Waals surface area (Å²) in [6, 6.07) is 17.1. The summed E-state index contributed by atoms with van der Waals surface area (Å²) in [5.41, 5.74) is 11.9. The zero-order valence-corrected chi connectivity index (χ0v) is 17.1. The molecule has 1 aliphatic carbocycles. The lowest BCUT2D eigenvalue weighted by Crippen LogP contribution is -2.31. The van der Waals surface area contributed by atoms with Crippen molar-refractivity contribution in [2.75, 3.05) is 27.2 Å². The molecule has 30 heavy (non-hydrogen) atoms. The molecule has 0 bridgehead atoms. The number of likely N-dealkylation sites (N-methyl/N-ethyl adjacent to an activating group) is 1. The molecule has 1 aromatic heterocycles. The lowest BCUT2D eigenvalue weighted by molar-refractivity contribution is 0.0949. The number of hydrogen-bond acceptors (Lipinski definition) is 4. The third kappa shape index (κ3) is 3.82. The van der Waals surface area contributed by atoms with Crippen molar-refractivity contribution in [1.29, 1.82) is 0 Å². The minimum absolute atomic E-state index is 0.108. The summed E-state index contributed by atoms with van der Waals surface area (Å²) in [6.07, 6.45) is 0.532. The van der Waals surface area contributed by atoms with E-state index in [2.05, 4.69) is 5.32 Å². The van der Waals surface area contributed by atoms with Gasteiger partial charge in [0.15, 0.2) is 0 Å². The zero-order valence-electron chi connectivity index (χ0n) is 17.1. The molecular weight excluding hydrogens is 376 g/mol. The minimum Gasteiger partial charge on any atom is -0.366 e. The van der Waals surface area contributed by atoms with Crippen LogP contribution >= 0.6 is 0 Å². The molecule has 2 aromatic carbocycles. The Morgan fingerprint density at radius 3 is 2.57 bits per heavy atom. The number of nitrogens with two attached hydrogens (primary N) is 1. The van der Waals surface area contributed by atoms with E-state index in [1.54, 1.807) is 12.1 Å². The molecule has 6 nitrogen and oxygen atoms in total. The van der Waals surface area contributed by atoms with Crippen molar-refractivity contribution in [3.8, 4) is 22.5 Å². The quantitative estimate of drug-likeness (QED) is 0.521. The Labute approximate surface area is 175 Å². The summed E-state index contributed by atoms with van der Waals surface area (Å²) in [4.78, 5) is 31.5. The van der Waals surface area contributed by atoms with Crippen LogP contribution in [0.25, 0.3) is 22.5 Å². The number of aromatic nitrogens is 1. The van der Waals surface area contributed by atoms with E-state index in [-0.39, 0.29) is 5.91 Å². The Morgan fingerprint density at radius 2 is 1.87 bits per heavy atom. The van der Waals surface area contributed by atoms with Crippen molar-refractivity contribution in [1.82, 2.24) is 15.2 Å². The van der Waals surface area contributed by atoms with E-state index in [4.69, 9.17) is 10.7 Å². The van der Waals surface area contributed by atoms with Crippen LogP contribution in [0.1, 0.15) is 31.8 Å². The van der Waals surface area contributed by atoms with E-state index < -0.39 is 5.91 Å². The highest BCUT2D eigenvalue weighted by atomic mass is 16.2. The van der Waals surface area contributed by atoms with Crippen LogP contribution in [0.3, 0.4) is 0 Å². The number of carbonyl (C=O) groups excluding carboxylic acids is 2. The van der Waals surface area contributed by atoms with Crippen molar-refractivity contribution < 1.29 is 9.59 Å². The second kappa shape index (κ2) is 8.08. The van der Waals surface area contributed by atoms with Crippen molar-refractivity contribution in [2.24, 2.45) is 5.73 Å². The Kier molecular flexibility index (Phi) is 5.33. The average molecular weight is 400 g/mol. The first-order chi connectivity index (χ1) is 14.4. The smallest absolute Gasteiger partial charge is 0.251 e. The van der Waals surface area contributed by atoms with Gasteiger partial charge in [0.2, 0.25) is 5.91 Å². The maximum absolute atomic E-state index is 12.5. The van der Waals surface area contributed by atoms with Crippen LogP contribution in [0.15, 0.2) is 54.6 Å². The number of primary amides is 1. The summed E-state index contributed by atoms with van der Waals surface area (Å²) in [6.45, 7) is 1.35. The van der Waals surface area contributed by atoms with Crippen molar-refractivity contribution in [3.05, 3.63) is 76.9 Å². The summed E-state index contributed by atoms with van der Waals surface area (Å²) in [5.74, 6) is -0.580. The third-order valence-electron chi connectivity index (χ3n) is 5.29. The zero-order chi connectivity index (χ0) is 21.3. The topological polar surface area (TPSA) is 88.3 Å². The number of rotatable bonds is 6. The standard InChI is InChI=1S/C24H24N4O2/c1-28(2)11-10-26-24(30)16-8-9-18-17(12-16)13-19-20(23(25)29)14-21(27-22(18)19)15-6-4-3-5-7-15/h3-9,12,14H,10-11,13H2,1-2H3,(H2,25,29)(H,26,30). The highest BCUT2D eigenvalue weighted by Gasteiger charge is 2.26. The van der Waals surface area contributed by atoms with E-state index in [0.29, 0.717) is 29.8 Å². The van der Waals surface area contributed by atoms with Gasteiger partial charge in [0, 0.05) is 41.8 Å². The molecule has 0 spiro atoms. The van der Waals surface area contributed by atoms with Gasteiger partial charge >= 0.3 is 0 Å². The number of nitrogens with zero attached hydrogens (tertiary/aromatic N) is 2. The fourth-order valence-electron chi connectivity index (χ4n) is 3.75. The van der Waals surface area contributed by atoms with E-state index in [1.807, 2.05) is 61.5 Å². The molecule has 0 unspecified atom stereocenters. The average Bonchev–Trinajstić information content (AvgIpc) is 3.11. The monoisotopic (exact) mass is 400 g/mol. The van der Waals surface area contributed by atoms with E-state index in [0.717, 1.165) is 34.5 Å². The fourth-order valence-corrected chi connectivity index (χ4v) is 3.75. The summed E-state index contributed by atoms with van der Waals surface area (Å²) < 4.78 is 0. The molecule has 4 rings (SSSR count). The Bertz CT molecular complexity index is 1120. The number of carbonyl (C=O) groups is 2. The summed E-state index contributed by atoms with van der Waals surface area (Å²) >= 11 is 0. The van der Waals surface area contributed by atoms with Gasteiger partial charge in [-0.2, -0.15) is 0 Å². The maximum atomic E-state index is 12.5. The summed E-state index contributed by atoms with van der Waals surface area (Å²) in [5, 5.41) is 2.93. The second-order valence-electron chi connectivity index (χ2n) is 7.72. The van der Waals surface area contributed by atoms with Crippen LogP contribution in [0.5, 0.6) is 0 Å². The van der Waals surface area contributed by atoms with Gasteiger partial charge in [0.05, 0.1) is 11.4 Å². The highest BCUT2D eigenvalue weighted by molar-refractivity contribution is 6.00. The van der Waals surface area contributed by atoms with Gasteiger partial charge in [-0.05, 0) is 43.4 Å². The normalized spacial score (nSPS) is 11.8. The SMILES string of the molecule is CN(C)CCNC(=O)c1ccc2c(c1)Cc1c(C(N)=O)cc(-c3ccccc3)nc1-2. The van der Waals surface area contributed by atoms with Crippen LogP contribution in [0.2, 0.25) is 0 Å². The number of amides is 2. The molecule has 1 aliphatic rings. The molecule has 0 fully saturated rings. The maximum Gasteiger partial charge on any atom is 0.251 e. The van der Waals surface area contributed by atoms with Crippen LogP contribution in [0, 0.1) is 0 Å². The van der Waals surface area contributed by atoms with Crippen molar-refractivity contribution in [3.63, 3.8) is 0 Å². The van der Waals surface area contributed by atoms with E-state index >= 15 is 0 Å². The number of benzene rings is 2. The first-order valence-electron chi connectivity index (χ1n) is 9.89. The first-order valence-corrected chi connectivity index (χ1v) is 9.89.